The van der Waals surface area contributed by atoms with Gasteiger partial charge in [-0.25, -0.2) is 4.79 Å². The van der Waals surface area contributed by atoms with Gasteiger partial charge >= 0.3 is 5.97 Å². The molecule has 0 bridgehead atoms. The second kappa shape index (κ2) is 5.51. The number of carboxylic acids is 1. The molecule has 0 radical (unpaired) electrons. The minimum atomic E-state index is -0.910. The zero-order chi connectivity index (χ0) is 11.3. The third-order valence-electron chi connectivity index (χ3n) is 1.98. The smallest absolute Gasteiger partial charge is 0.333 e. The maximum Gasteiger partial charge on any atom is 0.333 e. The van der Waals surface area contributed by atoms with Gasteiger partial charge in [-0.2, -0.15) is 0 Å². The molecule has 1 N–H and O–H groups in total. The van der Waals surface area contributed by atoms with E-state index in [2.05, 4.69) is 0 Å². The molecular formula is C12H16O3. The van der Waals surface area contributed by atoms with E-state index in [-0.39, 0.29) is 6.10 Å². The van der Waals surface area contributed by atoms with Crippen LogP contribution in [0.5, 0.6) is 0 Å². The summed E-state index contributed by atoms with van der Waals surface area (Å²) in [5, 5.41) is 8.96. The summed E-state index contributed by atoms with van der Waals surface area (Å²) >= 11 is 0. The molecule has 0 fully saturated rings. The van der Waals surface area contributed by atoms with Gasteiger partial charge in [-0.15, -0.1) is 0 Å². The SMILES string of the molecule is CC(C)OC(Cc1ccccc1)C(=O)O. The Labute approximate surface area is 89.7 Å². The summed E-state index contributed by atoms with van der Waals surface area (Å²) in [6.07, 6.45) is -0.420. The number of hydrogen-bond donors (Lipinski definition) is 1. The molecule has 3 nitrogen and oxygen atoms in total. The molecule has 15 heavy (non-hydrogen) atoms. The number of carboxylic acid groups (broad SMARTS) is 1. The van der Waals surface area contributed by atoms with Crippen molar-refractivity contribution in [2.24, 2.45) is 0 Å². The fourth-order valence-electron chi connectivity index (χ4n) is 1.35. The maximum absolute atomic E-state index is 10.9. The van der Waals surface area contributed by atoms with E-state index in [0.717, 1.165) is 5.56 Å². The molecule has 1 aromatic rings. The summed E-state index contributed by atoms with van der Waals surface area (Å²) in [6, 6.07) is 9.50. The monoisotopic (exact) mass is 208 g/mol. The molecule has 0 saturated carbocycles. The molecule has 0 spiro atoms. The highest BCUT2D eigenvalue weighted by Crippen LogP contribution is 2.08. The van der Waals surface area contributed by atoms with Crippen LogP contribution in [0.2, 0.25) is 0 Å². The lowest BCUT2D eigenvalue weighted by Gasteiger charge is -2.16. The van der Waals surface area contributed by atoms with Crippen LogP contribution in [-0.2, 0) is 16.0 Å². The van der Waals surface area contributed by atoms with E-state index in [0.29, 0.717) is 6.42 Å². The molecule has 1 unspecified atom stereocenters. The second-order valence-corrected chi connectivity index (χ2v) is 3.70. The number of aliphatic carboxylic acids is 1. The average molecular weight is 208 g/mol. The summed E-state index contributed by atoms with van der Waals surface area (Å²) in [5.41, 5.74) is 0.977. The van der Waals surface area contributed by atoms with Crippen LogP contribution in [0.25, 0.3) is 0 Å². The third kappa shape index (κ3) is 4.13. The average Bonchev–Trinajstić information content (AvgIpc) is 2.17. The lowest BCUT2D eigenvalue weighted by molar-refractivity contribution is -0.153. The predicted octanol–water partition coefficient (Wildman–Crippen LogP) is 2.11. The van der Waals surface area contributed by atoms with E-state index in [1.807, 2.05) is 44.2 Å². The van der Waals surface area contributed by atoms with Gasteiger partial charge in [0.15, 0.2) is 6.10 Å². The van der Waals surface area contributed by atoms with E-state index in [1.165, 1.54) is 0 Å². The normalized spacial score (nSPS) is 12.7. The molecule has 0 amide bonds. The largest absolute Gasteiger partial charge is 0.479 e. The van der Waals surface area contributed by atoms with Crippen molar-refractivity contribution in [1.82, 2.24) is 0 Å². The number of benzene rings is 1. The molecule has 82 valence electrons. The van der Waals surface area contributed by atoms with Gasteiger partial charge in [0, 0.05) is 6.42 Å². The highest BCUT2D eigenvalue weighted by Gasteiger charge is 2.19. The van der Waals surface area contributed by atoms with Crippen molar-refractivity contribution in [2.75, 3.05) is 0 Å². The number of hydrogen-bond acceptors (Lipinski definition) is 2. The van der Waals surface area contributed by atoms with Gasteiger partial charge < -0.3 is 9.84 Å². The standard InChI is InChI=1S/C12H16O3/c1-9(2)15-11(12(13)14)8-10-6-4-3-5-7-10/h3-7,9,11H,8H2,1-2H3,(H,13,14). The minimum absolute atomic E-state index is 0.0742. The molecule has 0 aliphatic heterocycles. The molecule has 0 saturated heterocycles. The molecule has 1 atom stereocenters. The molecule has 1 aromatic carbocycles. The van der Waals surface area contributed by atoms with Crippen molar-refractivity contribution in [3.05, 3.63) is 35.9 Å². The van der Waals surface area contributed by atoms with Gasteiger partial charge in [-0.05, 0) is 19.4 Å². The van der Waals surface area contributed by atoms with Crippen LogP contribution in [0.1, 0.15) is 19.4 Å². The fraction of sp³-hybridized carbons (Fsp3) is 0.417. The Morgan fingerprint density at radius 3 is 2.40 bits per heavy atom. The van der Waals surface area contributed by atoms with Crippen molar-refractivity contribution in [1.29, 1.82) is 0 Å². The van der Waals surface area contributed by atoms with Crippen molar-refractivity contribution >= 4 is 5.97 Å². The van der Waals surface area contributed by atoms with Crippen molar-refractivity contribution in [3.8, 4) is 0 Å². The van der Waals surface area contributed by atoms with Crippen LogP contribution in [0.4, 0.5) is 0 Å². The van der Waals surface area contributed by atoms with E-state index >= 15 is 0 Å². The molecular weight excluding hydrogens is 192 g/mol. The molecule has 3 heteroatoms. The van der Waals surface area contributed by atoms with E-state index in [1.54, 1.807) is 0 Å². The molecule has 0 heterocycles. The minimum Gasteiger partial charge on any atom is -0.479 e. The van der Waals surface area contributed by atoms with Crippen LogP contribution in [0.15, 0.2) is 30.3 Å². The van der Waals surface area contributed by atoms with Crippen molar-refractivity contribution in [3.63, 3.8) is 0 Å². The Morgan fingerprint density at radius 1 is 1.33 bits per heavy atom. The van der Waals surface area contributed by atoms with Gasteiger partial charge in [0.2, 0.25) is 0 Å². The van der Waals surface area contributed by atoms with E-state index in [4.69, 9.17) is 9.84 Å². The summed E-state index contributed by atoms with van der Waals surface area (Å²) in [4.78, 5) is 10.9. The highest BCUT2D eigenvalue weighted by atomic mass is 16.5. The van der Waals surface area contributed by atoms with Crippen LogP contribution in [0.3, 0.4) is 0 Å². The first-order valence-electron chi connectivity index (χ1n) is 5.01. The summed E-state index contributed by atoms with van der Waals surface area (Å²) in [6.45, 7) is 3.67. The number of carbonyl (C=O) groups is 1. The molecule has 0 aliphatic rings. The molecule has 1 rings (SSSR count). The van der Waals surface area contributed by atoms with Crippen molar-refractivity contribution < 1.29 is 14.6 Å². The lowest BCUT2D eigenvalue weighted by atomic mass is 10.1. The first-order valence-corrected chi connectivity index (χ1v) is 5.01. The lowest BCUT2D eigenvalue weighted by Crippen LogP contribution is -2.29. The maximum atomic E-state index is 10.9. The zero-order valence-corrected chi connectivity index (χ0v) is 9.01. The van der Waals surface area contributed by atoms with Crippen LogP contribution in [0, 0.1) is 0 Å². The van der Waals surface area contributed by atoms with Gasteiger partial charge in [-0.3, -0.25) is 0 Å². The third-order valence-corrected chi connectivity index (χ3v) is 1.98. The zero-order valence-electron chi connectivity index (χ0n) is 9.01. The summed E-state index contributed by atoms with van der Waals surface area (Å²) in [7, 11) is 0. The van der Waals surface area contributed by atoms with Crippen LogP contribution >= 0.6 is 0 Å². The first-order chi connectivity index (χ1) is 7.09. The van der Waals surface area contributed by atoms with Crippen LogP contribution < -0.4 is 0 Å². The van der Waals surface area contributed by atoms with Gasteiger partial charge in [0.1, 0.15) is 0 Å². The number of ether oxygens (including phenoxy) is 1. The van der Waals surface area contributed by atoms with Crippen LogP contribution in [-0.4, -0.2) is 23.3 Å². The number of rotatable bonds is 5. The van der Waals surface area contributed by atoms with E-state index in [9.17, 15) is 4.79 Å². The Balaban J connectivity index is 2.63. The highest BCUT2D eigenvalue weighted by molar-refractivity contribution is 5.72. The van der Waals surface area contributed by atoms with Gasteiger partial charge in [0.05, 0.1) is 6.10 Å². The Kier molecular flexibility index (Phi) is 4.31. The Hall–Kier alpha value is -1.35. The predicted molar refractivity (Wildman–Crippen MR) is 57.8 cm³/mol. The van der Waals surface area contributed by atoms with Gasteiger partial charge in [-0.1, -0.05) is 30.3 Å². The summed E-state index contributed by atoms with van der Waals surface area (Å²) < 4.78 is 5.32. The quantitative estimate of drug-likeness (QED) is 0.806. The molecule has 0 aromatic heterocycles. The van der Waals surface area contributed by atoms with E-state index < -0.39 is 12.1 Å². The Morgan fingerprint density at radius 2 is 1.93 bits per heavy atom. The second-order valence-electron chi connectivity index (χ2n) is 3.70. The fourth-order valence-corrected chi connectivity index (χ4v) is 1.35. The topological polar surface area (TPSA) is 46.5 Å². The van der Waals surface area contributed by atoms with Crippen molar-refractivity contribution in [2.45, 2.75) is 32.5 Å². The molecule has 0 aliphatic carbocycles. The first kappa shape index (κ1) is 11.7. The van der Waals surface area contributed by atoms with Gasteiger partial charge in [0.25, 0.3) is 0 Å². The Bertz CT molecular complexity index is 306. The summed E-state index contributed by atoms with van der Waals surface area (Å²) in [5.74, 6) is -0.910.